The van der Waals surface area contributed by atoms with Crippen molar-refractivity contribution < 1.29 is 14.4 Å². The average Bonchev–Trinajstić information content (AvgIpc) is 2.17. The molecule has 0 bridgehead atoms. The summed E-state index contributed by atoms with van der Waals surface area (Å²) in [6.07, 6.45) is -0.261. The number of primary amides is 1. The Hall–Kier alpha value is -1.97. The maximum Gasteiger partial charge on any atom is 0.232 e. The largest absolute Gasteiger partial charge is 0.369 e. The molecule has 1 aromatic rings. The van der Waals surface area contributed by atoms with Gasteiger partial charge in [-0.25, -0.2) is 0 Å². The number of hydrogen-bond donors (Lipinski definition) is 1. The molecule has 0 aromatic heterocycles. The zero-order chi connectivity index (χ0) is 12.1. The third kappa shape index (κ3) is 3.02. The fourth-order valence-corrected chi connectivity index (χ4v) is 1.50. The van der Waals surface area contributed by atoms with E-state index in [1.807, 2.05) is 0 Å². The molecule has 1 atom stereocenters. The first-order valence-electron chi connectivity index (χ1n) is 4.88. The molecular weight excluding hydrogens is 206 g/mol. The van der Waals surface area contributed by atoms with Crippen molar-refractivity contribution in [3.05, 3.63) is 35.9 Å². The second kappa shape index (κ2) is 5.21. The van der Waals surface area contributed by atoms with Crippen molar-refractivity contribution >= 4 is 17.5 Å². The van der Waals surface area contributed by atoms with Crippen LogP contribution in [0.15, 0.2) is 30.3 Å². The zero-order valence-electron chi connectivity index (χ0n) is 8.97. The number of hydrogen-bond acceptors (Lipinski definition) is 3. The lowest BCUT2D eigenvalue weighted by atomic mass is 9.91. The van der Waals surface area contributed by atoms with Crippen LogP contribution in [-0.2, 0) is 14.4 Å². The first kappa shape index (κ1) is 12.1. The minimum atomic E-state index is -1.02. The molecule has 0 saturated carbocycles. The number of rotatable bonds is 5. The quantitative estimate of drug-likeness (QED) is 0.744. The van der Waals surface area contributed by atoms with E-state index in [4.69, 9.17) is 5.73 Å². The number of carbonyl (C=O) groups is 3. The highest BCUT2D eigenvalue weighted by atomic mass is 16.2. The Labute approximate surface area is 93.4 Å². The lowest BCUT2D eigenvalue weighted by molar-refractivity contribution is -0.130. The summed E-state index contributed by atoms with van der Waals surface area (Å²) >= 11 is 0. The second-order valence-electron chi connectivity index (χ2n) is 3.59. The minimum Gasteiger partial charge on any atom is -0.369 e. The molecule has 0 aliphatic heterocycles. The molecule has 0 unspecified atom stereocenters. The predicted octanol–water partition coefficient (Wildman–Crippen LogP) is 0.804. The van der Waals surface area contributed by atoms with Crippen LogP contribution in [0.3, 0.4) is 0 Å². The summed E-state index contributed by atoms with van der Waals surface area (Å²) in [7, 11) is 0. The maximum absolute atomic E-state index is 11.7. The first-order chi connectivity index (χ1) is 7.52. The molecule has 0 heterocycles. The van der Waals surface area contributed by atoms with Crippen molar-refractivity contribution in [2.24, 2.45) is 5.73 Å². The summed E-state index contributed by atoms with van der Waals surface area (Å²) in [5, 5.41) is 0. The van der Waals surface area contributed by atoms with Crippen molar-refractivity contribution in [3.63, 3.8) is 0 Å². The Kier molecular flexibility index (Phi) is 3.94. The van der Waals surface area contributed by atoms with E-state index in [1.54, 1.807) is 30.3 Å². The van der Waals surface area contributed by atoms with Gasteiger partial charge in [0.05, 0.1) is 6.42 Å². The van der Waals surface area contributed by atoms with Crippen molar-refractivity contribution in [1.29, 1.82) is 0 Å². The van der Waals surface area contributed by atoms with Crippen LogP contribution in [0.1, 0.15) is 24.8 Å². The van der Waals surface area contributed by atoms with E-state index in [0.29, 0.717) is 5.56 Å². The molecular formula is C12H13NO3. The first-order valence-corrected chi connectivity index (χ1v) is 4.88. The molecule has 0 spiro atoms. The van der Waals surface area contributed by atoms with Crippen LogP contribution in [-0.4, -0.2) is 17.5 Å². The highest BCUT2D eigenvalue weighted by molar-refractivity contribution is 6.11. The van der Waals surface area contributed by atoms with Crippen LogP contribution in [0.25, 0.3) is 0 Å². The number of amides is 1. The third-order valence-electron chi connectivity index (χ3n) is 2.16. The van der Waals surface area contributed by atoms with Gasteiger partial charge in [0.2, 0.25) is 5.91 Å². The summed E-state index contributed by atoms with van der Waals surface area (Å²) in [4.78, 5) is 33.7. The van der Waals surface area contributed by atoms with Gasteiger partial charge in [-0.15, -0.1) is 0 Å². The second-order valence-corrected chi connectivity index (χ2v) is 3.59. The van der Waals surface area contributed by atoms with E-state index in [-0.39, 0.29) is 12.2 Å². The van der Waals surface area contributed by atoms with Crippen molar-refractivity contribution in [3.8, 4) is 0 Å². The molecule has 0 aliphatic rings. The Balaban J connectivity index is 2.97. The SMILES string of the molecule is CC(=O)CC(=O)[C@@H](C(N)=O)c1ccccc1. The van der Waals surface area contributed by atoms with Gasteiger partial charge < -0.3 is 5.73 Å². The molecule has 0 radical (unpaired) electrons. The topological polar surface area (TPSA) is 77.2 Å². The van der Waals surface area contributed by atoms with Crippen molar-refractivity contribution in [1.82, 2.24) is 0 Å². The van der Waals surface area contributed by atoms with E-state index in [0.717, 1.165) is 0 Å². The van der Waals surface area contributed by atoms with E-state index < -0.39 is 17.6 Å². The van der Waals surface area contributed by atoms with Crippen molar-refractivity contribution in [2.75, 3.05) is 0 Å². The lowest BCUT2D eigenvalue weighted by Gasteiger charge is -2.11. The summed E-state index contributed by atoms with van der Waals surface area (Å²) in [6.45, 7) is 1.31. The van der Waals surface area contributed by atoms with Gasteiger partial charge in [0.15, 0.2) is 5.78 Å². The minimum absolute atomic E-state index is 0.261. The molecule has 1 rings (SSSR count). The Morgan fingerprint density at radius 2 is 1.75 bits per heavy atom. The molecule has 84 valence electrons. The fourth-order valence-electron chi connectivity index (χ4n) is 1.50. The summed E-state index contributed by atoms with van der Waals surface area (Å²) in [5.41, 5.74) is 5.70. The smallest absolute Gasteiger partial charge is 0.232 e. The summed E-state index contributed by atoms with van der Waals surface area (Å²) < 4.78 is 0. The molecule has 2 N–H and O–H groups in total. The van der Waals surface area contributed by atoms with E-state index in [1.165, 1.54) is 6.92 Å². The Morgan fingerprint density at radius 1 is 1.19 bits per heavy atom. The zero-order valence-corrected chi connectivity index (χ0v) is 8.97. The highest BCUT2D eigenvalue weighted by Crippen LogP contribution is 2.17. The lowest BCUT2D eigenvalue weighted by Crippen LogP contribution is -2.29. The number of nitrogens with two attached hydrogens (primary N) is 1. The van der Waals surface area contributed by atoms with Gasteiger partial charge in [-0.2, -0.15) is 0 Å². The van der Waals surface area contributed by atoms with Crippen molar-refractivity contribution in [2.45, 2.75) is 19.3 Å². The monoisotopic (exact) mass is 219 g/mol. The van der Waals surface area contributed by atoms with Crippen LogP contribution >= 0.6 is 0 Å². The molecule has 0 saturated heterocycles. The number of Topliss-reactive ketones (excluding diaryl/α,β-unsaturated/α-hetero) is 2. The fraction of sp³-hybridized carbons (Fsp3) is 0.250. The number of benzene rings is 1. The highest BCUT2D eigenvalue weighted by Gasteiger charge is 2.26. The molecule has 0 aliphatic carbocycles. The molecule has 4 heteroatoms. The van der Waals surface area contributed by atoms with Gasteiger partial charge in [0.1, 0.15) is 11.7 Å². The molecule has 16 heavy (non-hydrogen) atoms. The van der Waals surface area contributed by atoms with Gasteiger partial charge in [-0.3, -0.25) is 14.4 Å². The van der Waals surface area contributed by atoms with E-state index in [9.17, 15) is 14.4 Å². The van der Waals surface area contributed by atoms with Crippen LogP contribution in [0.4, 0.5) is 0 Å². The van der Waals surface area contributed by atoms with Gasteiger partial charge in [0.25, 0.3) is 0 Å². The Bertz CT molecular complexity index is 412. The van der Waals surface area contributed by atoms with Gasteiger partial charge in [-0.1, -0.05) is 30.3 Å². The van der Waals surface area contributed by atoms with Crippen LogP contribution in [0.5, 0.6) is 0 Å². The third-order valence-corrected chi connectivity index (χ3v) is 2.16. The standard InChI is InChI=1S/C12H13NO3/c1-8(14)7-10(15)11(12(13)16)9-5-3-2-4-6-9/h2-6,11H,7H2,1H3,(H2,13,16)/t11-/m0/s1. The van der Waals surface area contributed by atoms with Gasteiger partial charge >= 0.3 is 0 Å². The molecule has 1 aromatic carbocycles. The number of ketones is 2. The maximum atomic E-state index is 11.7. The Morgan fingerprint density at radius 3 is 2.19 bits per heavy atom. The summed E-state index contributed by atoms with van der Waals surface area (Å²) in [5.74, 6) is -2.47. The van der Waals surface area contributed by atoms with E-state index >= 15 is 0 Å². The predicted molar refractivity (Wildman–Crippen MR) is 58.7 cm³/mol. The molecule has 4 nitrogen and oxygen atoms in total. The van der Waals surface area contributed by atoms with Gasteiger partial charge in [0, 0.05) is 0 Å². The van der Waals surface area contributed by atoms with Crippen LogP contribution in [0, 0.1) is 0 Å². The molecule has 1 amide bonds. The average molecular weight is 219 g/mol. The molecule has 0 fully saturated rings. The summed E-state index contributed by atoms with van der Waals surface area (Å²) in [6, 6.07) is 8.50. The number of carbonyl (C=O) groups excluding carboxylic acids is 3. The van der Waals surface area contributed by atoms with Crippen LogP contribution in [0.2, 0.25) is 0 Å². The van der Waals surface area contributed by atoms with Crippen LogP contribution < -0.4 is 5.73 Å². The van der Waals surface area contributed by atoms with E-state index in [2.05, 4.69) is 0 Å². The van der Waals surface area contributed by atoms with Gasteiger partial charge in [-0.05, 0) is 12.5 Å². The normalized spacial score (nSPS) is 11.8.